The van der Waals surface area contributed by atoms with Gasteiger partial charge in [-0.05, 0) is 38.4 Å². The number of nitrogen functional groups attached to an aromatic ring is 1. The van der Waals surface area contributed by atoms with E-state index in [-0.39, 0.29) is 6.61 Å². The summed E-state index contributed by atoms with van der Waals surface area (Å²) in [4.78, 5) is 2.34. The van der Waals surface area contributed by atoms with Crippen molar-refractivity contribution in [3.8, 4) is 5.75 Å². The maximum absolute atomic E-state index is 10.2. The fourth-order valence-electron chi connectivity index (χ4n) is 2.23. The van der Waals surface area contributed by atoms with Gasteiger partial charge in [0.05, 0.1) is 5.69 Å². The van der Waals surface area contributed by atoms with E-state index in [0.717, 1.165) is 19.4 Å². The Morgan fingerprint density at radius 1 is 1.29 bits per heavy atom. The third kappa shape index (κ3) is 6.36. The minimum absolute atomic E-state index is 0.271. The van der Waals surface area contributed by atoms with E-state index in [9.17, 15) is 5.11 Å². The lowest BCUT2D eigenvalue weighted by molar-refractivity contribution is 0.0536. The van der Waals surface area contributed by atoms with Crippen LogP contribution in [0, 0.1) is 0 Å². The molecule has 120 valence electrons. The van der Waals surface area contributed by atoms with Crippen LogP contribution < -0.4 is 10.5 Å². The van der Waals surface area contributed by atoms with Crippen LogP contribution in [0.5, 0.6) is 5.75 Å². The van der Waals surface area contributed by atoms with Gasteiger partial charge in [0.2, 0.25) is 0 Å². The molecule has 0 bridgehead atoms. The molecule has 1 aromatic rings. The number of benzene rings is 1. The van der Waals surface area contributed by atoms with Crippen LogP contribution >= 0.6 is 0 Å². The molecule has 0 aromatic heterocycles. The Labute approximate surface area is 128 Å². The summed E-state index contributed by atoms with van der Waals surface area (Å²) in [6, 6.07) is 7.85. The molecule has 0 saturated heterocycles. The first-order valence-electron chi connectivity index (χ1n) is 7.97. The highest BCUT2D eigenvalue weighted by molar-refractivity contribution is 5.51. The second kappa shape index (κ2) is 9.64. The number of unbranched alkanes of at least 4 members (excludes halogenated alkanes) is 1. The van der Waals surface area contributed by atoms with E-state index in [4.69, 9.17) is 10.5 Å². The van der Waals surface area contributed by atoms with Crippen molar-refractivity contribution in [1.29, 1.82) is 0 Å². The lowest BCUT2D eigenvalue weighted by atomic mass is 10.1. The van der Waals surface area contributed by atoms with E-state index >= 15 is 0 Å². The van der Waals surface area contributed by atoms with Crippen molar-refractivity contribution >= 4 is 5.69 Å². The van der Waals surface area contributed by atoms with Crippen LogP contribution in [0.25, 0.3) is 0 Å². The smallest absolute Gasteiger partial charge is 0.142 e. The first-order chi connectivity index (χ1) is 10.1. The molecule has 0 aliphatic heterocycles. The first-order valence-corrected chi connectivity index (χ1v) is 7.97. The zero-order valence-electron chi connectivity index (χ0n) is 13.6. The Morgan fingerprint density at radius 2 is 2.00 bits per heavy atom. The minimum atomic E-state index is -0.504. The normalized spacial score (nSPS) is 14.1. The predicted molar refractivity (Wildman–Crippen MR) is 88.6 cm³/mol. The van der Waals surface area contributed by atoms with Gasteiger partial charge in [-0.3, -0.25) is 4.90 Å². The number of ether oxygens (including phenoxy) is 1. The lowest BCUT2D eigenvalue weighted by Crippen LogP contribution is -2.41. The molecule has 3 N–H and O–H groups in total. The van der Waals surface area contributed by atoms with Gasteiger partial charge in [-0.25, -0.2) is 0 Å². The standard InChI is InChI=1S/C17H30N2O2/c1-4-6-11-19(14(3)5-2)12-15(20)13-21-17-10-8-7-9-16(17)18/h7-10,14-15,20H,4-6,11-13,18H2,1-3H3. The third-order valence-corrected chi connectivity index (χ3v) is 3.81. The van der Waals surface area contributed by atoms with Crippen LogP contribution in [0.4, 0.5) is 5.69 Å². The van der Waals surface area contributed by atoms with Crippen LogP contribution in [0.1, 0.15) is 40.0 Å². The number of aliphatic hydroxyl groups excluding tert-OH is 1. The molecule has 2 unspecified atom stereocenters. The molecule has 0 aliphatic carbocycles. The van der Waals surface area contributed by atoms with Crippen LogP contribution in [0.15, 0.2) is 24.3 Å². The van der Waals surface area contributed by atoms with Gasteiger partial charge in [0.15, 0.2) is 0 Å². The highest BCUT2D eigenvalue weighted by Gasteiger charge is 2.16. The van der Waals surface area contributed by atoms with Gasteiger partial charge in [-0.1, -0.05) is 32.4 Å². The molecule has 0 saturated carbocycles. The summed E-state index contributed by atoms with van der Waals surface area (Å²) >= 11 is 0. The summed E-state index contributed by atoms with van der Waals surface area (Å²) in [6.45, 7) is 8.51. The number of nitrogens with two attached hydrogens (primary N) is 1. The second-order valence-electron chi connectivity index (χ2n) is 5.61. The molecule has 0 spiro atoms. The van der Waals surface area contributed by atoms with Gasteiger partial charge in [0.25, 0.3) is 0 Å². The lowest BCUT2D eigenvalue weighted by Gasteiger charge is -2.30. The Morgan fingerprint density at radius 3 is 2.62 bits per heavy atom. The highest BCUT2D eigenvalue weighted by atomic mass is 16.5. The Hall–Kier alpha value is -1.26. The first kappa shape index (κ1) is 17.8. The van der Waals surface area contributed by atoms with E-state index in [1.165, 1.54) is 6.42 Å². The molecule has 21 heavy (non-hydrogen) atoms. The quantitative estimate of drug-likeness (QED) is 0.651. The number of hydrogen-bond acceptors (Lipinski definition) is 4. The molecule has 4 heteroatoms. The maximum atomic E-state index is 10.2. The minimum Gasteiger partial charge on any atom is -0.489 e. The highest BCUT2D eigenvalue weighted by Crippen LogP contribution is 2.20. The molecule has 1 aromatic carbocycles. The Bertz CT molecular complexity index is 398. The van der Waals surface area contributed by atoms with Gasteiger partial charge in [-0.2, -0.15) is 0 Å². The average molecular weight is 294 g/mol. The van der Waals surface area contributed by atoms with Crippen LogP contribution in [-0.2, 0) is 0 Å². The SMILES string of the molecule is CCCCN(CC(O)COc1ccccc1N)C(C)CC. The Kier molecular flexibility index (Phi) is 8.16. The molecular formula is C17H30N2O2. The summed E-state index contributed by atoms with van der Waals surface area (Å²) in [7, 11) is 0. The molecule has 0 fully saturated rings. The summed E-state index contributed by atoms with van der Waals surface area (Å²) in [5.41, 5.74) is 6.43. The van der Waals surface area contributed by atoms with E-state index in [1.807, 2.05) is 18.2 Å². The van der Waals surface area contributed by atoms with Crippen LogP contribution in [-0.4, -0.2) is 41.8 Å². The van der Waals surface area contributed by atoms with Crippen molar-refractivity contribution in [2.24, 2.45) is 0 Å². The molecule has 0 heterocycles. The topological polar surface area (TPSA) is 58.7 Å². The molecule has 2 atom stereocenters. The van der Waals surface area contributed by atoms with E-state index in [1.54, 1.807) is 6.07 Å². The van der Waals surface area contributed by atoms with Gasteiger partial charge < -0.3 is 15.6 Å². The predicted octanol–water partition coefficient (Wildman–Crippen LogP) is 2.91. The number of para-hydroxylation sites is 2. The zero-order valence-corrected chi connectivity index (χ0v) is 13.6. The maximum Gasteiger partial charge on any atom is 0.142 e. The number of nitrogens with zero attached hydrogens (tertiary/aromatic N) is 1. The molecule has 0 radical (unpaired) electrons. The molecule has 0 aliphatic rings. The molecule has 1 rings (SSSR count). The molecular weight excluding hydrogens is 264 g/mol. The van der Waals surface area contributed by atoms with Crippen molar-refractivity contribution in [2.45, 2.75) is 52.2 Å². The van der Waals surface area contributed by atoms with Crippen molar-refractivity contribution in [2.75, 3.05) is 25.4 Å². The van der Waals surface area contributed by atoms with E-state index < -0.39 is 6.10 Å². The summed E-state index contributed by atoms with van der Waals surface area (Å²) in [6.07, 6.45) is 2.91. The Balaban J connectivity index is 2.46. The van der Waals surface area contributed by atoms with Gasteiger partial charge in [0, 0.05) is 12.6 Å². The number of anilines is 1. The average Bonchev–Trinajstić information content (AvgIpc) is 2.49. The van der Waals surface area contributed by atoms with Crippen molar-refractivity contribution in [3.05, 3.63) is 24.3 Å². The van der Waals surface area contributed by atoms with Gasteiger partial charge in [-0.15, -0.1) is 0 Å². The van der Waals surface area contributed by atoms with Crippen LogP contribution in [0.3, 0.4) is 0 Å². The van der Waals surface area contributed by atoms with E-state index in [0.29, 0.717) is 24.0 Å². The fourth-order valence-corrected chi connectivity index (χ4v) is 2.23. The zero-order chi connectivity index (χ0) is 15.7. The monoisotopic (exact) mass is 294 g/mol. The molecule has 4 nitrogen and oxygen atoms in total. The van der Waals surface area contributed by atoms with Crippen molar-refractivity contribution in [1.82, 2.24) is 4.90 Å². The van der Waals surface area contributed by atoms with Gasteiger partial charge >= 0.3 is 0 Å². The summed E-state index contributed by atoms with van der Waals surface area (Å²) in [5.74, 6) is 0.639. The fraction of sp³-hybridized carbons (Fsp3) is 0.647. The van der Waals surface area contributed by atoms with Crippen molar-refractivity contribution < 1.29 is 9.84 Å². The number of hydrogen-bond donors (Lipinski definition) is 2. The molecule has 0 amide bonds. The summed E-state index contributed by atoms with van der Waals surface area (Å²) in [5, 5.41) is 10.2. The third-order valence-electron chi connectivity index (χ3n) is 3.81. The van der Waals surface area contributed by atoms with Crippen LogP contribution in [0.2, 0.25) is 0 Å². The largest absolute Gasteiger partial charge is 0.489 e. The van der Waals surface area contributed by atoms with Crippen molar-refractivity contribution in [3.63, 3.8) is 0 Å². The van der Waals surface area contributed by atoms with E-state index in [2.05, 4.69) is 25.7 Å². The second-order valence-corrected chi connectivity index (χ2v) is 5.61. The number of rotatable bonds is 10. The number of aliphatic hydroxyl groups is 1. The summed E-state index contributed by atoms with van der Waals surface area (Å²) < 4.78 is 5.62. The van der Waals surface area contributed by atoms with Gasteiger partial charge in [0.1, 0.15) is 18.5 Å².